The molecule has 3 aromatic carbocycles. The molecule has 2 aliphatic rings. The number of nitrogens with zero attached hydrogens (tertiary/aromatic N) is 1. The molecule has 4 amide bonds. The molecule has 0 saturated carbocycles. The molecule has 35 heavy (non-hydrogen) atoms. The van der Waals surface area contributed by atoms with Crippen LogP contribution in [0.4, 0.5) is 10.5 Å². The van der Waals surface area contributed by atoms with E-state index in [1.807, 2.05) is 66.7 Å². The number of methoxy groups -OCH3 is 1. The molecule has 1 aliphatic heterocycles. The number of anilines is 1. The van der Waals surface area contributed by atoms with E-state index in [1.165, 1.54) is 0 Å². The van der Waals surface area contributed by atoms with Gasteiger partial charge in [-0.2, -0.15) is 0 Å². The Morgan fingerprint density at radius 1 is 1.06 bits per heavy atom. The number of imide groups is 1. The van der Waals surface area contributed by atoms with Gasteiger partial charge in [-0.25, -0.2) is 9.69 Å². The number of para-hydroxylation sites is 1. The van der Waals surface area contributed by atoms with E-state index in [2.05, 4.69) is 10.6 Å². The van der Waals surface area contributed by atoms with E-state index < -0.39 is 29.4 Å². The monoisotopic (exact) mass is 469 g/mol. The quantitative estimate of drug-likeness (QED) is 0.540. The van der Waals surface area contributed by atoms with Crippen LogP contribution in [0.25, 0.3) is 11.1 Å². The van der Waals surface area contributed by atoms with Crippen LogP contribution in [-0.2, 0) is 21.5 Å². The largest absolute Gasteiger partial charge is 0.497 e. The molecule has 1 heterocycles. The number of benzene rings is 3. The molecule has 0 radical (unpaired) electrons. The van der Waals surface area contributed by atoms with Gasteiger partial charge in [0.1, 0.15) is 17.3 Å². The first kappa shape index (κ1) is 22.7. The molecular weight excluding hydrogens is 442 g/mol. The minimum Gasteiger partial charge on any atom is -0.497 e. The van der Waals surface area contributed by atoms with Crippen LogP contribution in [-0.4, -0.2) is 35.9 Å². The van der Waals surface area contributed by atoms with E-state index in [4.69, 9.17) is 4.74 Å². The summed E-state index contributed by atoms with van der Waals surface area (Å²) in [6.45, 7) is 1.58. The second kappa shape index (κ2) is 8.91. The summed E-state index contributed by atoms with van der Waals surface area (Å²) in [7, 11) is 1.60. The van der Waals surface area contributed by atoms with Crippen LogP contribution in [0.5, 0.6) is 5.75 Å². The number of fused-ring (bicyclic) bond motifs is 2. The predicted molar refractivity (Wildman–Crippen MR) is 133 cm³/mol. The Morgan fingerprint density at radius 3 is 2.57 bits per heavy atom. The standard InChI is InChI=1S/C28H27N3O4/c1-18(25(32)29-24-13-7-6-12-22(24)19-9-4-3-5-10-19)31-26(33)28(30-27(31)34)16-8-11-20-17-21(35-2)14-15-23(20)28/h3-7,9-10,12-15,17-18H,8,11,16H2,1-2H3,(H,29,32)(H,30,34)/t18-,28+/m1/s1. The maximum absolute atomic E-state index is 13.7. The number of hydrogen-bond acceptors (Lipinski definition) is 4. The third kappa shape index (κ3) is 3.83. The van der Waals surface area contributed by atoms with Crippen molar-refractivity contribution in [3.05, 3.63) is 83.9 Å². The molecule has 7 heteroatoms. The molecule has 3 aromatic rings. The topological polar surface area (TPSA) is 87.7 Å². The molecule has 5 rings (SSSR count). The minimum absolute atomic E-state index is 0.396. The maximum atomic E-state index is 13.7. The predicted octanol–water partition coefficient (Wildman–Crippen LogP) is 4.47. The first-order chi connectivity index (χ1) is 16.9. The Bertz CT molecular complexity index is 1310. The molecule has 178 valence electrons. The highest BCUT2D eigenvalue weighted by atomic mass is 16.5. The van der Waals surface area contributed by atoms with Crippen molar-refractivity contribution in [3.8, 4) is 16.9 Å². The number of carbonyl (C=O) groups excluding carboxylic acids is 3. The van der Waals surface area contributed by atoms with Crippen LogP contribution in [0.15, 0.2) is 72.8 Å². The molecule has 1 fully saturated rings. The highest BCUT2D eigenvalue weighted by molar-refractivity contribution is 6.12. The smallest absolute Gasteiger partial charge is 0.326 e. The summed E-state index contributed by atoms with van der Waals surface area (Å²) < 4.78 is 5.33. The van der Waals surface area contributed by atoms with Crippen LogP contribution < -0.4 is 15.4 Å². The molecule has 7 nitrogen and oxygen atoms in total. The molecule has 0 aromatic heterocycles. The zero-order valence-corrected chi connectivity index (χ0v) is 19.7. The molecule has 0 unspecified atom stereocenters. The van der Waals surface area contributed by atoms with E-state index in [0.717, 1.165) is 40.0 Å². The minimum atomic E-state index is -1.16. The van der Waals surface area contributed by atoms with Crippen LogP contribution in [0.3, 0.4) is 0 Å². The Balaban J connectivity index is 1.41. The van der Waals surface area contributed by atoms with E-state index >= 15 is 0 Å². The van der Waals surface area contributed by atoms with Gasteiger partial charge >= 0.3 is 6.03 Å². The number of nitrogens with one attached hydrogen (secondary N) is 2. The van der Waals surface area contributed by atoms with Crippen LogP contribution in [0, 0.1) is 0 Å². The van der Waals surface area contributed by atoms with Gasteiger partial charge in [0, 0.05) is 11.3 Å². The second-order valence-electron chi connectivity index (χ2n) is 8.96. The average molecular weight is 470 g/mol. The molecule has 0 bridgehead atoms. The van der Waals surface area contributed by atoms with Gasteiger partial charge < -0.3 is 15.4 Å². The van der Waals surface area contributed by atoms with Crippen molar-refractivity contribution < 1.29 is 19.1 Å². The first-order valence-corrected chi connectivity index (χ1v) is 11.7. The third-order valence-electron chi connectivity index (χ3n) is 6.93. The molecule has 1 spiro atoms. The van der Waals surface area contributed by atoms with Crippen molar-refractivity contribution in [2.24, 2.45) is 0 Å². The van der Waals surface area contributed by atoms with Crippen molar-refractivity contribution in [2.45, 2.75) is 37.8 Å². The van der Waals surface area contributed by atoms with Gasteiger partial charge in [0.25, 0.3) is 5.91 Å². The molecule has 1 aliphatic carbocycles. The molecular formula is C28H27N3O4. The number of amides is 4. The number of aryl methyl sites for hydroxylation is 1. The highest BCUT2D eigenvalue weighted by Crippen LogP contribution is 2.41. The summed E-state index contributed by atoms with van der Waals surface area (Å²) in [6, 6.07) is 21.2. The van der Waals surface area contributed by atoms with E-state index in [-0.39, 0.29) is 0 Å². The van der Waals surface area contributed by atoms with Gasteiger partial charge in [0.05, 0.1) is 7.11 Å². The average Bonchev–Trinajstić information content (AvgIpc) is 3.13. The molecule has 1 saturated heterocycles. The SMILES string of the molecule is COc1ccc2c(c1)CCC[C@]21NC(=O)N([C@H](C)C(=O)Nc2ccccc2-c2ccccc2)C1=O. The van der Waals surface area contributed by atoms with E-state index in [0.29, 0.717) is 17.9 Å². The number of hydrogen-bond donors (Lipinski definition) is 2. The number of ether oxygens (including phenoxy) is 1. The second-order valence-corrected chi connectivity index (χ2v) is 8.96. The van der Waals surface area contributed by atoms with E-state index in [9.17, 15) is 14.4 Å². The van der Waals surface area contributed by atoms with Crippen molar-refractivity contribution in [2.75, 3.05) is 12.4 Å². The fraction of sp³-hybridized carbons (Fsp3) is 0.250. The normalized spacial score (nSPS) is 19.8. The third-order valence-corrected chi connectivity index (χ3v) is 6.93. The van der Waals surface area contributed by atoms with E-state index in [1.54, 1.807) is 20.1 Å². The number of urea groups is 1. The van der Waals surface area contributed by atoms with Crippen molar-refractivity contribution in [3.63, 3.8) is 0 Å². The van der Waals surface area contributed by atoms with Crippen molar-refractivity contribution in [1.29, 1.82) is 0 Å². The van der Waals surface area contributed by atoms with Crippen LogP contribution in [0.1, 0.15) is 30.9 Å². The summed E-state index contributed by atoms with van der Waals surface area (Å²) in [6.07, 6.45) is 2.02. The number of carbonyl (C=O) groups is 3. The summed E-state index contributed by atoms with van der Waals surface area (Å²) in [5.74, 6) is -0.119. The zero-order valence-electron chi connectivity index (χ0n) is 19.7. The van der Waals surface area contributed by atoms with Gasteiger partial charge in [0.15, 0.2) is 0 Å². The Hall–Kier alpha value is -4.13. The lowest BCUT2D eigenvalue weighted by Crippen LogP contribution is -2.49. The molecule has 2 atom stereocenters. The first-order valence-electron chi connectivity index (χ1n) is 11.7. The lowest BCUT2D eigenvalue weighted by Gasteiger charge is -2.34. The van der Waals surface area contributed by atoms with Gasteiger partial charge in [-0.3, -0.25) is 9.59 Å². The van der Waals surface area contributed by atoms with Crippen LogP contribution >= 0.6 is 0 Å². The van der Waals surface area contributed by atoms with Gasteiger partial charge in [-0.1, -0.05) is 54.6 Å². The van der Waals surface area contributed by atoms with Gasteiger partial charge in [-0.05, 0) is 61.1 Å². The summed E-state index contributed by atoms with van der Waals surface area (Å²) >= 11 is 0. The lowest BCUT2D eigenvalue weighted by molar-refractivity contribution is -0.137. The fourth-order valence-corrected chi connectivity index (χ4v) is 5.11. The van der Waals surface area contributed by atoms with Crippen molar-refractivity contribution in [1.82, 2.24) is 10.2 Å². The Morgan fingerprint density at radius 2 is 1.80 bits per heavy atom. The van der Waals surface area contributed by atoms with Gasteiger partial charge in [0.2, 0.25) is 5.91 Å². The fourth-order valence-electron chi connectivity index (χ4n) is 5.11. The highest BCUT2D eigenvalue weighted by Gasteiger charge is 2.56. The van der Waals surface area contributed by atoms with Crippen LogP contribution in [0.2, 0.25) is 0 Å². The zero-order chi connectivity index (χ0) is 24.6. The number of rotatable bonds is 5. The Kier molecular flexibility index (Phi) is 5.76. The summed E-state index contributed by atoms with van der Waals surface area (Å²) in [4.78, 5) is 41.1. The summed E-state index contributed by atoms with van der Waals surface area (Å²) in [5, 5.41) is 5.84. The summed E-state index contributed by atoms with van der Waals surface area (Å²) in [5.41, 5.74) is 3.02. The lowest BCUT2D eigenvalue weighted by atomic mass is 9.76. The Labute approximate surface area is 204 Å². The molecule has 2 N–H and O–H groups in total. The maximum Gasteiger partial charge on any atom is 0.326 e. The van der Waals surface area contributed by atoms with Crippen molar-refractivity contribution >= 4 is 23.5 Å². The van der Waals surface area contributed by atoms with Gasteiger partial charge in [-0.15, -0.1) is 0 Å².